The Balaban J connectivity index is 1.54. The van der Waals surface area contributed by atoms with Gasteiger partial charge in [-0.2, -0.15) is 0 Å². The Morgan fingerprint density at radius 1 is 1.07 bits per heavy atom. The van der Waals surface area contributed by atoms with Crippen LogP contribution in [-0.2, 0) is 16.1 Å². The van der Waals surface area contributed by atoms with Crippen LogP contribution >= 0.6 is 50.5 Å². The number of hydrogen-bond donors (Lipinski definition) is 0. The van der Waals surface area contributed by atoms with E-state index in [0.717, 1.165) is 22.0 Å². The van der Waals surface area contributed by atoms with Gasteiger partial charge in [-0.05, 0) is 61.4 Å². The minimum atomic E-state index is -0.831. The number of carbonyl (C=O) groups is 1. The Kier molecular flexibility index (Phi) is 9.16. The van der Waals surface area contributed by atoms with Gasteiger partial charge in [0.15, 0.2) is 16.3 Å². The molecule has 3 aromatic carbocycles. The van der Waals surface area contributed by atoms with E-state index in [2.05, 4.69) is 20.5 Å². The minimum Gasteiger partial charge on any atom is -0.493 e. The van der Waals surface area contributed by atoms with Crippen molar-refractivity contribution in [3.63, 3.8) is 0 Å². The Hall–Kier alpha value is -3.83. The fraction of sp³-hybridized carbons (Fsp3) is 0.206. The third-order valence-electron chi connectivity index (χ3n) is 7.76. The molecule has 0 N–H and O–H groups in total. The fourth-order valence-corrected chi connectivity index (χ4v) is 7.56. The fourth-order valence-electron chi connectivity index (χ4n) is 5.66. The van der Waals surface area contributed by atoms with Gasteiger partial charge in [0, 0.05) is 33.7 Å². The van der Waals surface area contributed by atoms with E-state index in [1.54, 1.807) is 43.7 Å². The van der Waals surface area contributed by atoms with Crippen molar-refractivity contribution in [2.75, 3.05) is 20.8 Å². The number of rotatable bonds is 8. The van der Waals surface area contributed by atoms with Crippen molar-refractivity contribution in [3.8, 4) is 11.5 Å². The molecule has 6 rings (SSSR count). The third kappa shape index (κ3) is 5.79. The first-order valence-corrected chi connectivity index (χ1v) is 16.6. The zero-order valence-electron chi connectivity index (χ0n) is 25.3. The van der Waals surface area contributed by atoms with Crippen LogP contribution in [0.25, 0.3) is 17.0 Å². The molecule has 0 saturated heterocycles. The molecular formula is C34H28BrCl2N3O5S. The summed E-state index contributed by atoms with van der Waals surface area (Å²) in [5, 5.41) is 1.97. The SMILES string of the molecule is CCOC(=O)C1=C(C)N=c2s/c(=C\c3cn(Cc4ccc(Cl)c(Cl)c4)c4ccccc34)c(=O)n2[C@H]1c1cc(OC)c(OC)cc1Br. The predicted octanol–water partition coefficient (Wildman–Crippen LogP) is 6.89. The van der Waals surface area contributed by atoms with Crippen molar-refractivity contribution < 1.29 is 19.0 Å². The van der Waals surface area contributed by atoms with E-state index >= 15 is 0 Å². The van der Waals surface area contributed by atoms with Gasteiger partial charge in [-0.1, -0.05) is 74.7 Å². The molecule has 46 heavy (non-hydrogen) atoms. The molecule has 3 heterocycles. The first-order chi connectivity index (χ1) is 22.1. The minimum absolute atomic E-state index is 0.173. The summed E-state index contributed by atoms with van der Waals surface area (Å²) in [6, 6.07) is 16.3. The number of benzene rings is 3. The first kappa shape index (κ1) is 32.1. The highest BCUT2D eigenvalue weighted by Gasteiger charge is 2.35. The molecule has 1 aliphatic rings. The van der Waals surface area contributed by atoms with Crippen molar-refractivity contribution in [1.82, 2.24) is 9.13 Å². The lowest BCUT2D eigenvalue weighted by atomic mass is 9.95. The predicted molar refractivity (Wildman–Crippen MR) is 185 cm³/mol. The number of methoxy groups -OCH3 is 2. The normalized spacial score (nSPS) is 14.8. The number of carbonyl (C=O) groups excluding carboxylic acids is 1. The van der Waals surface area contributed by atoms with Crippen LogP contribution in [0.4, 0.5) is 0 Å². The zero-order valence-corrected chi connectivity index (χ0v) is 29.2. The maximum Gasteiger partial charge on any atom is 0.338 e. The highest BCUT2D eigenvalue weighted by molar-refractivity contribution is 9.10. The standard InChI is InChI=1S/C34H28BrCl2N3O5S/c1-5-45-33(42)30-18(2)38-34-40(31(30)22-14-27(43-3)28(44-4)15-23(22)35)32(41)29(46-34)13-20-17-39(26-9-7-6-8-21(20)26)16-19-10-11-24(36)25(37)12-19/h6-15,17,31H,5,16H2,1-4H3/b29-13-/t31-/m0/s1. The molecule has 0 aliphatic carbocycles. The van der Waals surface area contributed by atoms with Crippen LogP contribution in [-0.4, -0.2) is 35.9 Å². The van der Waals surface area contributed by atoms with Gasteiger partial charge >= 0.3 is 5.97 Å². The molecule has 2 aromatic heterocycles. The number of allylic oxidation sites excluding steroid dienone is 1. The van der Waals surface area contributed by atoms with E-state index in [4.69, 9.17) is 42.4 Å². The summed E-state index contributed by atoms with van der Waals surface area (Å²) >= 11 is 17.3. The van der Waals surface area contributed by atoms with Gasteiger partial charge in [0.2, 0.25) is 0 Å². The van der Waals surface area contributed by atoms with Crippen molar-refractivity contribution in [2.24, 2.45) is 4.99 Å². The molecule has 0 spiro atoms. The maximum atomic E-state index is 14.3. The summed E-state index contributed by atoms with van der Waals surface area (Å²) in [4.78, 5) is 32.9. The van der Waals surface area contributed by atoms with E-state index in [0.29, 0.717) is 53.2 Å². The van der Waals surface area contributed by atoms with E-state index in [1.165, 1.54) is 18.4 Å². The highest BCUT2D eigenvalue weighted by atomic mass is 79.9. The molecule has 1 aliphatic heterocycles. The smallest absolute Gasteiger partial charge is 0.338 e. The third-order valence-corrected chi connectivity index (χ3v) is 10.2. The summed E-state index contributed by atoms with van der Waals surface area (Å²) < 4.78 is 21.3. The zero-order chi connectivity index (χ0) is 32.7. The van der Waals surface area contributed by atoms with Crippen LogP contribution < -0.4 is 24.4 Å². The lowest BCUT2D eigenvalue weighted by molar-refractivity contribution is -0.139. The molecule has 12 heteroatoms. The number of halogens is 3. The summed E-state index contributed by atoms with van der Waals surface area (Å²) in [6.07, 6.45) is 3.89. The van der Waals surface area contributed by atoms with Gasteiger partial charge in [0.05, 0.1) is 52.7 Å². The summed E-state index contributed by atoms with van der Waals surface area (Å²) in [5.74, 6) is 0.409. The molecule has 0 fully saturated rings. The number of hydrogen-bond acceptors (Lipinski definition) is 7. The average Bonchev–Trinajstić information content (AvgIpc) is 3.54. The maximum absolute atomic E-state index is 14.3. The van der Waals surface area contributed by atoms with Crippen molar-refractivity contribution in [1.29, 1.82) is 0 Å². The molecule has 0 unspecified atom stereocenters. The Labute approximate surface area is 286 Å². The second kappa shape index (κ2) is 13.1. The molecule has 0 saturated carbocycles. The molecule has 8 nitrogen and oxygen atoms in total. The molecule has 1 atom stereocenters. The van der Waals surface area contributed by atoms with Crippen molar-refractivity contribution in [3.05, 3.63) is 123 Å². The quantitative estimate of drug-likeness (QED) is 0.162. The second-order valence-corrected chi connectivity index (χ2v) is 13.2. The van der Waals surface area contributed by atoms with Gasteiger partial charge in [0.25, 0.3) is 5.56 Å². The van der Waals surface area contributed by atoms with Crippen LogP contribution in [0.15, 0.2) is 86.3 Å². The molecule has 0 amide bonds. The average molecular weight is 741 g/mol. The molecule has 0 bridgehead atoms. The van der Waals surface area contributed by atoms with Crippen molar-refractivity contribution >= 4 is 73.4 Å². The van der Waals surface area contributed by atoms with Crippen LogP contribution in [0.5, 0.6) is 11.5 Å². The van der Waals surface area contributed by atoms with Gasteiger partial charge in [-0.15, -0.1) is 0 Å². The van der Waals surface area contributed by atoms with E-state index in [-0.39, 0.29) is 17.7 Å². The van der Waals surface area contributed by atoms with Crippen molar-refractivity contribution in [2.45, 2.75) is 26.4 Å². The lowest BCUT2D eigenvalue weighted by Crippen LogP contribution is -2.40. The van der Waals surface area contributed by atoms with Crippen LogP contribution in [0, 0.1) is 0 Å². The lowest BCUT2D eigenvalue weighted by Gasteiger charge is -2.26. The van der Waals surface area contributed by atoms with Gasteiger partial charge < -0.3 is 18.8 Å². The molecular weight excluding hydrogens is 713 g/mol. The van der Waals surface area contributed by atoms with Crippen LogP contribution in [0.3, 0.4) is 0 Å². The van der Waals surface area contributed by atoms with Gasteiger partial charge in [-0.3, -0.25) is 9.36 Å². The second-order valence-electron chi connectivity index (χ2n) is 10.5. The highest BCUT2D eigenvalue weighted by Crippen LogP contribution is 2.41. The topological polar surface area (TPSA) is 84.1 Å². The monoisotopic (exact) mass is 739 g/mol. The number of aromatic nitrogens is 2. The van der Waals surface area contributed by atoms with Crippen LogP contribution in [0.2, 0.25) is 10.0 Å². The summed E-state index contributed by atoms with van der Waals surface area (Å²) in [7, 11) is 3.08. The number of fused-ring (bicyclic) bond motifs is 2. The molecule has 5 aromatic rings. The Morgan fingerprint density at radius 3 is 2.52 bits per heavy atom. The first-order valence-electron chi connectivity index (χ1n) is 14.3. The Morgan fingerprint density at radius 2 is 1.80 bits per heavy atom. The summed E-state index contributed by atoms with van der Waals surface area (Å²) in [5.41, 5.74) is 3.94. The molecule has 0 radical (unpaired) electrons. The van der Waals surface area contributed by atoms with E-state index in [9.17, 15) is 9.59 Å². The number of ether oxygens (including phenoxy) is 3. The van der Waals surface area contributed by atoms with Crippen LogP contribution in [0.1, 0.15) is 36.6 Å². The van der Waals surface area contributed by atoms with E-state index in [1.807, 2.05) is 48.7 Å². The number of para-hydroxylation sites is 1. The molecule has 236 valence electrons. The summed E-state index contributed by atoms with van der Waals surface area (Å²) in [6.45, 7) is 4.22. The number of thiazole rings is 1. The Bertz CT molecular complexity index is 2240. The number of nitrogens with zero attached hydrogens (tertiary/aromatic N) is 3. The van der Waals surface area contributed by atoms with Gasteiger partial charge in [0.1, 0.15) is 0 Å². The van der Waals surface area contributed by atoms with Gasteiger partial charge in [-0.25, -0.2) is 9.79 Å². The largest absolute Gasteiger partial charge is 0.493 e. The number of esters is 1. The van der Waals surface area contributed by atoms with E-state index < -0.39 is 12.0 Å².